The Hall–Kier alpha value is -7.10. The number of para-hydroxylation sites is 2. The van der Waals surface area contributed by atoms with Crippen LogP contribution in [0.2, 0.25) is 0 Å². The minimum Gasteiger partial charge on any atom is -0.461 e. The van der Waals surface area contributed by atoms with Gasteiger partial charge >= 0.3 is 0 Å². The number of rotatable bonds is 6. The van der Waals surface area contributed by atoms with Crippen molar-refractivity contribution in [2.45, 2.75) is 12.3 Å². The van der Waals surface area contributed by atoms with E-state index in [1.54, 1.807) is 0 Å². The second-order valence-corrected chi connectivity index (χ2v) is 14.5. The van der Waals surface area contributed by atoms with Crippen LogP contribution in [0.25, 0.3) is 60.5 Å². The molecule has 1 aliphatic heterocycles. The van der Waals surface area contributed by atoms with Crippen LogP contribution in [0.15, 0.2) is 204 Å². The molecule has 1 aliphatic carbocycles. The fourth-order valence-corrected chi connectivity index (χ4v) is 8.45. The van der Waals surface area contributed by atoms with Crippen molar-refractivity contribution in [1.29, 1.82) is 0 Å². The fraction of sp³-hybridized carbons (Fsp3) is 0.0385. The summed E-state index contributed by atoms with van der Waals surface area (Å²) in [7, 11) is 0. The minimum absolute atomic E-state index is 0.225. The van der Waals surface area contributed by atoms with Crippen LogP contribution in [0, 0.1) is 0 Å². The standard InChI is InChI=1S/C52H35NO2/c1-2-10-34(11-3-1)35-18-24-41(25-19-35)53(42-26-20-36(21-27-42)39-22-28-45-44-15-7-9-17-49(44)54-50(45)32-39)48-16-8-6-14-43(48)40-23-29-46-47-30-37-12-4-5-13-38(37)31-52(47)55-51(46)33-40/h1-28,30-33,46H,29H2. The van der Waals surface area contributed by atoms with E-state index in [9.17, 15) is 0 Å². The molecule has 260 valence electrons. The monoisotopic (exact) mass is 705 g/mol. The van der Waals surface area contributed by atoms with Crippen LogP contribution in [0.4, 0.5) is 17.1 Å². The van der Waals surface area contributed by atoms with Crippen LogP contribution in [0.3, 0.4) is 0 Å². The first-order valence-electron chi connectivity index (χ1n) is 18.9. The van der Waals surface area contributed by atoms with Crippen molar-refractivity contribution in [3.8, 4) is 28.0 Å². The molecule has 11 rings (SSSR count). The summed E-state index contributed by atoms with van der Waals surface area (Å²) in [4.78, 5) is 2.37. The number of fused-ring (bicyclic) bond motifs is 7. The van der Waals surface area contributed by atoms with Gasteiger partial charge in [0.1, 0.15) is 22.7 Å². The van der Waals surface area contributed by atoms with Gasteiger partial charge in [-0.05, 0) is 112 Å². The summed E-state index contributed by atoms with van der Waals surface area (Å²) in [6.07, 6.45) is 5.52. The Morgan fingerprint density at radius 2 is 1.11 bits per heavy atom. The summed E-state index contributed by atoms with van der Waals surface area (Å²) in [5.41, 5.74) is 13.3. The van der Waals surface area contributed by atoms with E-state index in [1.807, 2.05) is 12.1 Å². The van der Waals surface area contributed by atoms with Crippen LogP contribution < -0.4 is 9.64 Å². The van der Waals surface area contributed by atoms with Gasteiger partial charge in [0, 0.05) is 39.2 Å². The summed E-state index contributed by atoms with van der Waals surface area (Å²) in [5, 5.41) is 4.73. The number of anilines is 3. The third-order valence-corrected chi connectivity index (χ3v) is 11.2. The molecular formula is C52H35NO2. The second kappa shape index (κ2) is 12.8. The maximum absolute atomic E-state index is 6.59. The third-order valence-electron chi connectivity index (χ3n) is 11.2. The molecule has 0 saturated carbocycles. The van der Waals surface area contributed by atoms with E-state index in [-0.39, 0.29) is 5.92 Å². The van der Waals surface area contributed by atoms with Crippen LogP contribution in [0.5, 0.6) is 5.75 Å². The van der Waals surface area contributed by atoms with Gasteiger partial charge < -0.3 is 14.1 Å². The normalized spacial score (nSPS) is 14.7. The molecular weight excluding hydrogens is 671 g/mol. The Bertz CT molecular complexity index is 2970. The zero-order chi connectivity index (χ0) is 36.3. The SMILES string of the molecule is C1=C(c2ccccc2N(c2ccc(-c3ccccc3)cc2)c2ccc(-c3ccc4c(c3)oc3ccccc34)cc2)C=C2Oc3cc4ccccc4cc3C2C1. The molecule has 9 aromatic rings. The highest BCUT2D eigenvalue weighted by atomic mass is 16.5. The van der Waals surface area contributed by atoms with Crippen molar-refractivity contribution < 1.29 is 9.15 Å². The Labute approximate surface area is 319 Å². The molecule has 0 amide bonds. The molecule has 0 saturated heterocycles. The first-order chi connectivity index (χ1) is 27.2. The molecule has 1 atom stereocenters. The fourth-order valence-electron chi connectivity index (χ4n) is 8.45. The number of benzene rings is 8. The summed E-state index contributed by atoms with van der Waals surface area (Å²) in [5.74, 6) is 2.21. The highest BCUT2D eigenvalue weighted by Gasteiger charge is 2.32. The van der Waals surface area contributed by atoms with Crippen molar-refractivity contribution >= 4 is 55.3 Å². The summed E-state index contributed by atoms with van der Waals surface area (Å²) in [6, 6.07) is 64.8. The number of nitrogens with zero attached hydrogens (tertiary/aromatic N) is 1. The van der Waals surface area contributed by atoms with Gasteiger partial charge in [0.15, 0.2) is 0 Å². The molecule has 0 N–H and O–H groups in total. The average molecular weight is 706 g/mol. The van der Waals surface area contributed by atoms with Gasteiger partial charge in [-0.2, -0.15) is 0 Å². The lowest BCUT2D eigenvalue weighted by atomic mass is 9.86. The van der Waals surface area contributed by atoms with Crippen LogP contribution in [0.1, 0.15) is 23.5 Å². The average Bonchev–Trinajstić information content (AvgIpc) is 3.81. The van der Waals surface area contributed by atoms with Crippen LogP contribution in [-0.4, -0.2) is 0 Å². The Morgan fingerprint density at radius 1 is 0.491 bits per heavy atom. The zero-order valence-electron chi connectivity index (χ0n) is 30.0. The molecule has 1 aromatic heterocycles. The predicted molar refractivity (Wildman–Crippen MR) is 227 cm³/mol. The molecule has 2 aliphatic rings. The van der Waals surface area contributed by atoms with Crippen molar-refractivity contribution in [3.63, 3.8) is 0 Å². The summed E-state index contributed by atoms with van der Waals surface area (Å²) >= 11 is 0. The Balaban J connectivity index is 0.983. The molecule has 8 aromatic carbocycles. The van der Waals surface area contributed by atoms with E-state index in [2.05, 4.69) is 187 Å². The first-order valence-corrected chi connectivity index (χ1v) is 18.9. The summed E-state index contributed by atoms with van der Waals surface area (Å²) in [6.45, 7) is 0. The molecule has 0 fully saturated rings. The smallest absolute Gasteiger partial charge is 0.136 e. The van der Waals surface area contributed by atoms with Gasteiger partial charge in [0.05, 0.1) is 5.69 Å². The van der Waals surface area contributed by atoms with Crippen LogP contribution in [-0.2, 0) is 0 Å². The van der Waals surface area contributed by atoms with Crippen molar-refractivity contribution in [2.75, 3.05) is 4.90 Å². The van der Waals surface area contributed by atoms with Gasteiger partial charge in [-0.25, -0.2) is 0 Å². The summed E-state index contributed by atoms with van der Waals surface area (Å²) < 4.78 is 12.8. The minimum atomic E-state index is 0.225. The highest BCUT2D eigenvalue weighted by Crippen LogP contribution is 2.49. The van der Waals surface area contributed by atoms with E-state index in [1.165, 1.54) is 33.0 Å². The Kier molecular flexibility index (Phi) is 7.31. The molecule has 1 unspecified atom stereocenters. The van der Waals surface area contributed by atoms with Gasteiger partial charge in [-0.15, -0.1) is 0 Å². The molecule has 0 radical (unpaired) electrons. The molecule has 3 nitrogen and oxygen atoms in total. The first kappa shape index (κ1) is 31.4. The number of allylic oxidation sites excluding steroid dienone is 4. The van der Waals surface area contributed by atoms with E-state index < -0.39 is 0 Å². The maximum atomic E-state index is 6.59. The van der Waals surface area contributed by atoms with Crippen molar-refractivity contribution in [2.24, 2.45) is 0 Å². The van der Waals surface area contributed by atoms with Gasteiger partial charge in [0.25, 0.3) is 0 Å². The van der Waals surface area contributed by atoms with Crippen molar-refractivity contribution in [3.05, 3.63) is 211 Å². The Morgan fingerprint density at radius 3 is 1.91 bits per heavy atom. The van der Waals surface area contributed by atoms with E-state index in [0.29, 0.717) is 0 Å². The lowest BCUT2D eigenvalue weighted by Crippen LogP contribution is -2.12. The zero-order valence-corrected chi connectivity index (χ0v) is 30.0. The third kappa shape index (κ3) is 5.43. The second-order valence-electron chi connectivity index (χ2n) is 14.5. The quantitative estimate of drug-likeness (QED) is 0.172. The van der Waals surface area contributed by atoms with Gasteiger partial charge in [-0.1, -0.05) is 127 Å². The van der Waals surface area contributed by atoms with Crippen molar-refractivity contribution in [1.82, 2.24) is 0 Å². The lowest BCUT2D eigenvalue weighted by Gasteiger charge is -2.29. The van der Waals surface area contributed by atoms with E-state index in [4.69, 9.17) is 9.15 Å². The largest absolute Gasteiger partial charge is 0.461 e. The number of ether oxygens (including phenoxy) is 1. The number of hydrogen-bond donors (Lipinski definition) is 0. The lowest BCUT2D eigenvalue weighted by molar-refractivity contribution is 0.426. The predicted octanol–water partition coefficient (Wildman–Crippen LogP) is 14.4. The molecule has 55 heavy (non-hydrogen) atoms. The maximum Gasteiger partial charge on any atom is 0.136 e. The number of hydrogen-bond acceptors (Lipinski definition) is 3. The van der Waals surface area contributed by atoms with Crippen LogP contribution >= 0.6 is 0 Å². The number of furan rings is 1. The van der Waals surface area contributed by atoms with E-state index >= 15 is 0 Å². The molecule has 0 bridgehead atoms. The topological polar surface area (TPSA) is 25.6 Å². The highest BCUT2D eigenvalue weighted by molar-refractivity contribution is 6.06. The van der Waals surface area contributed by atoms with Gasteiger partial charge in [-0.3, -0.25) is 0 Å². The molecule has 2 heterocycles. The molecule has 0 spiro atoms. The van der Waals surface area contributed by atoms with E-state index in [0.717, 1.165) is 73.6 Å². The van der Waals surface area contributed by atoms with Gasteiger partial charge in [0.2, 0.25) is 0 Å². The molecule has 3 heteroatoms.